The Hall–Kier alpha value is -3.13. The summed E-state index contributed by atoms with van der Waals surface area (Å²) in [5.41, 5.74) is 3.91. The fourth-order valence-electron chi connectivity index (χ4n) is 2.96. The monoisotopic (exact) mass is 392 g/mol. The summed E-state index contributed by atoms with van der Waals surface area (Å²) in [5, 5.41) is 10.3. The molecule has 142 valence electrons. The summed E-state index contributed by atoms with van der Waals surface area (Å²) in [7, 11) is 0. The highest BCUT2D eigenvalue weighted by atomic mass is 32.1. The molecule has 1 N–H and O–H groups in total. The number of aryl methyl sites for hydroxylation is 2. The van der Waals surface area contributed by atoms with Crippen molar-refractivity contribution < 1.29 is 4.79 Å². The summed E-state index contributed by atoms with van der Waals surface area (Å²) in [5.74, 6) is 0.843. The van der Waals surface area contributed by atoms with Crippen LogP contribution in [-0.2, 0) is 24.2 Å². The summed E-state index contributed by atoms with van der Waals surface area (Å²) < 4.78 is 1.66. The van der Waals surface area contributed by atoms with Crippen molar-refractivity contribution in [2.75, 3.05) is 0 Å². The number of aromatic nitrogens is 5. The van der Waals surface area contributed by atoms with Gasteiger partial charge in [-0.2, -0.15) is 4.98 Å². The number of fused-ring (bicyclic) bond motifs is 1. The van der Waals surface area contributed by atoms with E-state index >= 15 is 0 Å². The molecule has 4 rings (SSSR count). The number of amides is 1. The first-order chi connectivity index (χ1) is 13.6. The zero-order valence-corrected chi connectivity index (χ0v) is 16.5. The molecule has 3 heterocycles. The number of rotatable bonds is 6. The summed E-state index contributed by atoms with van der Waals surface area (Å²) in [6.07, 6.45) is 0.916. The normalized spacial score (nSPS) is 11.1. The third-order valence-corrected chi connectivity index (χ3v) is 5.14. The molecular formula is C20H20N6OS. The summed E-state index contributed by atoms with van der Waals surface area (Å²) in [6.45, 7) is 4.25. The number of carbonyl (C=O) groups excluding carboxylic acids is 1. The number of nitrogens with one attached hydrogen (secondary N) is 1. The molecule has 0 atom stereocenters. The third kappa shape index (κ3) is 4.23. The molecular weight excluding hydrogens is 372 g/mol. The van der Waals surface area contributed by atoms with E-state index in [4.69, 9.17) is 0 Å². The molecule has 0 spiro atoms. The Morgan fingerprint density at radius 3 is 2.79 bits per heavy atom. The van der Waals surface area contributed by atoms with Crippen molar-refractivity contribution in [3.8, 4) is 0 Å². The number of thiazole rings is 1. The van der Waals surface area contributed by atoms with Gasteiger partial charge in [0.1, 0.15) is 0 Å². The zero-order chi connectivity index (χ0) is 19.5. The van der Waals surface area contributed by atoms with E-state index in [1.165, 1.54) is 5.56 Å². The molecule has 0 radical (unpaired) electrons. The van der Waals surface area contributed by atoms with E-state index in [2.05, 4.69) is 37.5 Å². The second-order valence-electron chi connectivity index (χ2n) is 6.63. The number of hydrogen-bond acceptors (Lipinski definition) is 6. The summed E-state index contributed by atoms with van der Waals surface area (Å²) in [4.78, 5) is 25.6. The standard InChI is InChI=1S/C20H20N6OS/c1-13-8-14(2)26-20(22-13)24-17(25-26)10-18(27)21-11-16-12-28-19(23-16)9-15-6-4-3-5-7-15/h3-8,12H,9-11H2,1-2H3,(H,21,27). The van der Waals surface area contributed by atoms with Crippen LogP contribution in [0, 0.1) is 13.8 Å². The van der Waals surface area contributed by atoms with Crippen LogP contribution in [0.3, 0.4) is 0 Å². The number of hydrogen-bond donors (Lipinski definition) is 1. The van der Waals surface area contributed by atoms with Crippen LogP contribution in [0.2, 0.25) is 0 Å². The fraction of sp³-hybridized carbons (Fsp3) is 0.250. The van der Waals surface area contributed by atoms with Crippen LogP contribution in [0.15, 0.2) is 41.8 Å². The average Bonchev–Trinajstić information content (AvgIpc) is 3.27. The van der Waals surface area contributed by atoms with Crippen molar-refractivity contribution >= 4 is 23.0 Å². The van der Waals surface area contributed by atoms with Gasteiger partial charge in [0.05, 0.1) is 23.7 Å². The number of carbonyl (C=O) groups is 1. The molecule has 0 aliphatic heterocycles. The van der Waals surface area contributed by atoms with Gasteiger partial charge in [-0.05, 0) is 25.5 Å². The number of nitrogens with zero attached hydrogens (tertiary/aromatic N) is 5. The quantitative estimate of drug-likeness (QED) is 0.545. The lowest BCUT2D eigenvalue weighted by molar-refractivity contribution is -0.120. The van der Waals surface area contributed by atoms with E-state index in [0.29, 0.717) is 18.1 Å². The predicted molar refractivity (Wildman–Crippen MR) is 107 cm³/mol. The lowest BCUT2D eigenvalue weighted by atomic mass is 10.2. The van der Waals surface area contributed by atoms with E-state index < -0.39 is 0 Å². The minimum atomic E-state index is -0.136. The highest BCUT2D eigenvalue weighted by molar-refractivity contribution is 7.09. The highest BCUT2D eigenvalue weighted by Gasteiger charge is 2.12. The first-order valence-corrected chi connectivity index (χ1v) is 9.88. The maximum Gasteiger partial charge on any atom is 0.252 e. The van der Waals surface area contributed by atoms with Gasteiger partial charge in [-0.3, -0.25) is 4.79 Å². The zero-order valence-electron chi connectivity index (χ0n) is 15.7. The van der Waals surface area contributed by atoms with E-state index in [1.54, 1.807) is 15.9 Å². The SMILES string of the molecule is Cc1cc(C)n2nc(CC(=O)NCc3csc(Cc4ccccc4)n3)nc2n1. The Morgan fingerprint density at radius 2 is 1.96 bits per heavy atom. The number of benzene rings is 1. The molecule has 7 nitrogen and oxygen atoms in total. The van der Waals surface area contributed by atoms with Crippen LogP contribution in [0.5, 0.6) is 0 Å². The first-order valence-electron chi connectivity index (χ1n) is 9.00. The molecule has 0 aliphatic rings. The van der Waals surface area contributed by atoms with Crippen LogP contribution in [-0.4, -0.2) is 30.5 Å². The molecule has 1 aromatic carbocycles. The smallest absolute Gasteiger partial charge is 0.252 e. The largest absolute Gasteiger partial charge is 0.350 e. The van der Waals surface area contributed by atoms with Crippen LogP contribution in [0.1, 0.15) is 33.5 Å². The molecule has 0 fully saturated rings. The van der Waals surface area contributed by atoms with Gasteiger partial charge < -0.3 is 5.32 Å². The Balaban J connectivity index is 1.34. The molecule has 28 heavy (non-hydrogen) atoms. The van der Waals surface area contributed by atoms with Gasteiger partial charge >= 0.3 is 0 Å². The topological polar surface area (TPSA) is 85.1 Å². The summed E-state index contributed by atoms with van der Waals surface area (Å²) >= 11 is 1.61. The highest BCUT2D eigenvalue weighted by Crippen LogP contribution is 2.14. The molecule has 0 unspecified atom stereocenters. The van der Waals surface area contributed by atoms with Gasteiger partial charge in [0.15, 0.2) is 5.82 Å². The Kier molecular flexibility index (Phi) is 5.12. The van der Waals surface area contributed by atoms with Gasteiger partial charge in [-0.1, -0.05) is 30.3 Å². The van der Waals surface area contributed by atoms with Crippen molar-refractivity contribution in [2.45, 2.75) is 33.2 Å². The van der Waals surface area contributed by atoms with Crippen LogP contribution in [0.4, 0.5) is 0 Å². The van der Waals surface area contributed by atoms with Gasteiger partial charge in [0.25, 0.3) is 5.78 Å². The minimum absolute atomic E-state index is 0.114. The van der Waals surface area contributed by atoms with E-state index in [1.807, 2.05) is 43.5 Å². The Morgan fingerprint density at radius 1 is 1.14 bits per heavy atom. The molecule has 0 saturated heterocycles. The van der Waals surface area contributed by atoms with Crippen LogP contribution < -0.4 is 5.32 Å². The van der Waals surface area contributed by atoms with E-state index in [0.717, 1.165) is 28.5 Å². The predicted octanol–water partition coefficient (Wildman–Crippen LogP) is 2.65. The van der Waals surface area contributed by atoms with Crippen molar-refractivity contribution in [3.63, 3.8) is 0 Å². The lowest BCUT2D eigenvalue weighted by Crippen LogP contribution is -2.25. The van der Waals surface area contributed by atoms with Gasteiger partial charge in [-0.15, -0.1) is 16.4 Å². The molecule has 0 saturated carbocycles. The van der Waals surface area contributed by atoms with Crippen LogP contribution >= 0.6 is 11.3 Å². The van der Waals surface area contributed by atoms with E-state index in [9.17, 15) is 4.79 Å². The summed E-state index contributed by atoms with van der Waals surface area (Å²) in [6, 6.07) is 12.2. The molecule has 3 aromatic heterocycles. The second kappa shape index (κ2) is 7.85. The van der Waals surface area contributed by atoms with E-state index in [-0.39, 0.29) is 12.3 Å². The van der Waals surface area contributed by atoms with Gasteiger partial charge in [0.2, 0.25) is 5.91 Å². The first kappa shape index (κ1) is 18.2. The average molecular weight is 392 g/mol. The van der Waals surface area contributed by atoms with Crippen molar-refractivity contribution in [3.05, 3.63) is 75.3 Å². The minimum Gasteiger partial charge on any atom is -0.350 e. The molecule has 0 aliphatic carbocycles. The molecule has 8 heteroatoms. The second-order valence-corrected chi connectivity index (χ2v) is 7.57. The van der Waals surface area contributed by atoms with Crippen LogP contribution in [0.25, 0.3) is 5.78 Å². The Bertz CT molecular complexity index is 1120. The van der Waals surface area contributed by atoms with Gasteiger partial charge in [0, 0.05) is 23.2 Å². The van der Waals surface area contributed by atoms with Crippen molar-refractivity contribution in [1.29, 1.82) is 0 Å². The maximum absolute atomic E-state index is 12.3. The molecule has 1 amide bonds. The van der Waals surface area contributed by atoms with Crippen molar-refractivity contribution in [2.24, 2.45) is 0 Å². The molecule has 4 aromatic rings. The fourth-order valence-corrected chi connectivity index (χ4v) is 3.79. The van der Waals surface area contributed by atoms with Gasteiger partial charge in [-0.25, -0.2) is 14.5 Å². The van der Waals surface area contributed by atoms with Crippen molar-refractivity contribution in [1.82, 2.24) is 29.9 Å². The third-order valence-electron chi connectivity index (χ3n) is 4.24. The lowest BCUT2D eigenvalue weighted by Gasteiger charge is -2.01. The maximum atomic E-state index is 12.3. The Labute approximate surface area is 166 Å². The molecule has 0 bridgehead atoms.